The summed E-state index contributed by atoms with van der Waals surface area (Å²) in [6.07, 6.45) is 4.34. The average molecular weight is 247 g/mol. The third-order valence-corrected chi connectivity index (χ3v) is 3.86. The average Bonchev–Trinajstić information content (AvgIpc) is 2.38. The number of para-hydroxylation sites is 1. The van der Waals surface area contributed by atoms with E-state index in [0.29, 0.717) is 22.9 Å². The smallest absolute Gasteiger partial charge is 0.168 e. The Morgan fingerprint density at radius 2 is 2.17 bits per heavy atom. The van der Waals surface area contributed by atoms with Gasteiger partial charge in [-0.15, -0.1) is 0 Å². The third kappa shape index (κ3) is 2.50. The van der Waals surface area contributed by atoms with Gasteiger partial charge in [-0.05, 0) is 30.9 Å². The van der Waals surface area contributed by atoms with E-state index in [-0.39, 0.29) is 11.7 Å². The molecule has 0 heterocycles. The maximum atomic E-state index is 12.5. The highest BCUT2D eigenvalue weighted by Crippen LogP contribution is 2.34. The van der Waals surface area contributed by atoms with Crippen LogP contribution in [0.3, 0.4) is 0 Å². The number of carbonyl (C=O) groups excluding carboxylic acids is 1. The largest absolute Gasteiger partial charge is 0.495 e. The van der Waals surface area contributed by atoms with Crippen LogP contribution in [-0.2, 0) is 0 Å². The van der Waals surface area contributed by atoms with Gasteiger partial charge in [0.2, 0.25) is 0 Å². The van der Waals surface area contributed by atoms with Gasteiger partial charge in [0.15, 0.2) is 5.78 Å². The summed E-state index contributed by atoms with van der Waals surface area (Å²) in [4.78, 5) is 12.5. The molecule has 2 N–H and O–H groups in total. The summed E-state index contributed by atoms with van der Waals surface area (Å²) in [6.45, 7) is 2.22. The fourth-order valence-corrected chi connectivity index (χ4v) is 2.83. The lowest BCUT2D eigenvalue weighted by molar-refractivity contribution is 0.0869. The number of Topliss-reactive ketones (excluding diaryl/α,β-unsaturated/α-hetero) is 1. The van der Waals surface area contributed by atoms with Gasteiger partial charge in [0, 0.05) is 11.5 Å². The summed E-state index contributed by atoms with van der Waals surface area (Å²) < 4.78 is 5.17. The Morgan fingerprint density at radius 3 is 2.83 bits per heavy atom. The summed E-state index contributed by atoms with van der Waals surface area (Å²) in [5, 5.41) is 0. The van der Waals surface area contributed by atoms with Crippen molar-refractivity contribution in [2.45, 2.75) is 32.6 Å². The van der Waals surface area contributed by atoms with Gasteiger partial charge in [0.05, 0.1) is 12.8 Å². The van der Waals surface area contributed by atoms with E-state index < -0.39 is 0 Å². The molecule has 1 aliphatic rings. The van der Waals surface area contributed by atoms with Gasteiger partial charge in [-0.1, -0.05) is 25.8 Å². The number of benzene rings is 1. The minimum absolute atomic E-state index is 0.128. The van der Waals surface area contributed by atoms with Crippen LogP contribution < -0.4 is 10.5 Å². The Balaban J connectivity index is 2.23. The number of ketones is 1. The molecule has 1 saturated carbocycles. The van der Waals surface area contributed by atoms with Gasteiger partial charge in [-0.25, -0.2) is 0 Å². The van der Waals surface area contributed by atoms with Crippen LogP contribution in [0.15, 0.2) is 18.2 Å². The van der Waals surface area contributed by atoms with Crippen molar-refractivity contribution in [2.75, 3.05) is 12.8 Å². The van der Waals surface area contributed by atoms with Gasteiger partial charge in [-0.3, -0.25) is 4.79 Å². The number of rotatable bonds is 3. The SMILES string of the molecule is COc1cccc(C(=O)C2CCCC(C)C2)c1N. The molecule has 0 aliphatic heterocycles. The van der Waals surface area contributed by atoms with Gasteiger partial charge >= 0.3 is 0 Å². The molecule has 1 aromatic carbocycles. The molecule has 18 heavy (non-hydrogen) atoms. The van der Waals surface area contributed by atoms with Crippen LogP contribution in [-0.4, -0.2) is 12.9 Å². The third-order valence-electron chi connectivity index (χ3n) is 3.86. The van der Waals surface area contributed by atoms with Crippen LogP contribution in [0.25, 0.3) is 0 Å². The standard InChI is InChI=1S/C15H21NO2/c1-10-5-3-6-11(9-10)15(17)12-7-4-8-13(18-2)14(12)16/h4,7-8,10-11H,3,5-6,9,16H2,1-2H3. The maximum Gasteiger partial charge on any atom is 0.168 e. The molecule has 0 radical (unpaired) electrons. The summed E-state index contributed by atoms with van der Waals surface area (Å²) in [5.41, 5.74) is 7.08. The minimum Gasteiger partial charge on any atom is -0.495 e. The molecule has 0 amide bonds. The highest BCUT2D eigenvalue weighted by atomic mass is 16.5. The summed E-state index contributed by atoms with van der Waals surface area (Å²) >= 11 is 0. The molecule has 2 unspecified atom stereocenters. The van der Waals surface area contributed by atoms with Crippen molar-refractivity contribution >= 4 is 11.5 Å². The lowest BCUT2D eigenvalue weighted by Crippen LogP contribution is -2.22. The molecular weight excluding hydrogens is 226 g/mol. The van der Waals surface area contributed by atoms with Crippen molar-refractivity contribution in [1.29, 1.82) is 0 Å². The molecule has 3 heteroatoms. The molecule has 2 rings (SSSR count). The molecule has 0 bridgehead atoms. The van der Waals surface area contributed by atoms with Crippen molar-refractivity contribution in [1.82, 2.24) is 0 Å². The number of anilines is 1. The second-order valence-corrected chi connectivity index (χ2v) is 5.25. The maximum absolute atomic E-state index is 12.5. The number of nitrogens with two attached hydrogens (primary N) is 1. The predicted molar refractivity (Wildman–Crippen MR) is 72.9 cm³/mol. The second-order valence-electron chi connectivity index (χ2n) is 5.25. The Kier molecular flexibility index (Phi) is 3.90. The fraction of sp³-hybridized carbons (Fsp3) is 0.533. The molecule has 1 aliphatic carbocycles. The first-order chi connectivity index (χ1) is 8.63. The quantitative estimate of drug-likeness (QED) is 0.658. The minimum atomic E-state index is 0.128. The van der Waals surface area contributed by atoms with E-state index >= 15 is 0 Å². The zero-order valence-electron chi connectivity index (χ0n) is 11.1. The number of nitrogen functional groups attached to an aromatic ring is 1. The van der Waals surface area contributed by atoms with Crippen LogP contribution in [0.1, 0.15) is 43.0 Å². The number of hydrogen-bond donors (Lipinski definition) is 1. The zero-order chi connectivity index (χ0) is 13.1. The summed E-state index contributed by atoms with van der Waals surface area (Å²) in [6, 6.07) is 5.42. The molecule has 1 fully saturated rings. The van der Waals surface area contributed by atoms with E-state index in [2.05, 4.69) is 6.92 Å². The molecule has 0 saturated heterocycles. The molecule has 0 spiro atoms. The summed E-state index contributed by atoms with van der Waals surface area (Å²) in [5.74, 6) is 1.53. The first kappa shape index (κ1) is 12.9. The molecule has 2 atom stereocenters. The van der Waals surface area contributed by atoms with Crippen LogP contribution in [0.4, 0.5) is 5.69 Å². The number of ether oxygens (including phenoxy) is 1. The van der Waals surface area contributed by atoms with E-state index in [0.717, 1.165) is 19.3 Å². The van der Waals surface area contributed by atoms with Crippen LogP contribution in [0, 0.1) is 11.8 Å². The first-order valence-corrected chi connectivity index (χ1v) is 6.60. The number of hydrogen-bond acceptors (Lipinski definition) is 3. The van der Waals surface area contributed by atoms with Crippen LogP contribution >= 0.6 is 0 Å². The van der Waals surface area contributed by atoms with Crippen molar-refractivity contribution < 1.29 is 9.53 Å². The van der Waals surface area contributed by atoms with E-state index in [1.807, 2.05) is 6.07 Å². The number of methoxy groups -OCH3 is 1. The molecule has 1 aromatic rings. The highest BCUT2D eigenvalue weighted by Gasteiger charge is 2.27. The van der Waals surface area contributed by atoms with Crippen LogP contribution in [0.5, 0.6) is 5.75 Å². The summed E-state index contributed by atoms with van der Waals surface area (Å²) in [7, 11) is 1.57. The van der Waals surface area contributed by atoms with Crippen molar-refractivity contribution in [2.24, 2.45) is 11.8 Å². The van der Waals surface area contributed by atoms with E-state index in [4.69, 9.17) is 10.5 Å². The van der Waals surface area contributed by atoms with Gasteiger partial charge in [0.1, 0.15) is 5.75 Å². The van der Waals surface area contributed by atoms with E-state index in [1.165, 1.54) is 6.42 Å². The molecule has 0 aromatic heterocycles. The normalized spacial score (nSPS) is 23.7. The lowest BCUT2D eigenvalue weighted by atomic mass is 9.78. The first-order valence-electron chi connectivity index (χ1n) is 6.60. The van der Waals surface area contributed by atoms with E-state index in [9.17, 15) is 4.79 Å². The van der Waals surface area contributed by atoms with Gasteiger partial charge < -0.3 is 10.5 Å². The van der Waals surface area contributed by atoms with Crippen LogP contribution in [0.2, 0.25) is 0 Å². The Bertz CT molecular complexity index is 442. The Labute approximate surface area is 108 Å². The topological polar surface area (TPSA) is 52.3 Å². The predicted octanol–water partition coefficient (Wildman–Crippen LogP) is 3.29. The van der Waals surface area contributed by atoms with Crippen molar-refractivity contribution in [3.63, 3.8) is 0 Å². The Hall–Kier alpha value is -1.51. The fourth-order valence-electron chi connectivity index (χ4n) is 2.83. The van der Waals surface area contributed by atoms with Gasteiger partial charge in [0.25, 0.3) is 0 Å². The zero-order valence-corrected chi connectivity index (χ0v) is 11.1. The van der Waals surface area contributed by atoms with Crippen molar-refractivity contribution in [3.8, 4) is 5.75 Å². The molecule has 98 valence electrons. The molecular formula is C15H21NO2. The molecule has 3 nitrogen and oxygen atoms in total. The highest BCUT2D eigenvalue weighted by molar-refractivity contribution is 6.03. The lowest BCUT2D eigenvalue weighted by Gasteiger charge is -2.26. The Morgan fingerprint density at radius 1 is 1.39 bits per heavy atom. The second kappa shape index (κ2) is 5.42. The number of carbonyl (C=O) groups is 1. The monoisotopic (exact) mass is 247 g/mol. The van der Waals surface area contributed by atoms with Crippen molar-refractivity contribution in [3.05, 3.63) is 23.8 Å². The van der Waals surface area contributed by atoms with E-state index in [1.54, 1.807) is 19.2 Å². The van der Waals surface area contributed by atoms with Gasteiger partial charge in [-0.2, -0.15) is 0 Å².